The Labute approximate surface area is 117 Å². The van der Waals surface area contributed by atoms with Crippen LogP contribution in [-0.2, 0) is 0 Å². The van der Waals surface area contributed by atoms with Gasteiger partial charge in [-0.2, -0.15) is 0 Å². The monoisotopic (exact) mass is 272 g/mol. The number of amides is 2. The molecule has 104 valence electrons. The van der Waals surface area contributed by atoms with Crippen LogP contribution in [0.1, 0.15) is 0 Å². The van der Waals surface area contributed by atoms with Crippen molar-refractivity contribution in [3.05, 3.63) is 54.6 Å². The van der Waals surface area contributed by atoms with Crippen LogP contribution >= 0.6 is 0 Å². The summed E-state index contributed by atoms with van der Waals surface area (Å²) >= 11 is 0. The molecule has 0 atom stereocenters. The van der Waals surface area contributed by atoms with Gasteiger partial charge < -0.3 is 20.5 Å². The van der Waals surface area contributed by atoms with Crippen molar-refractivity contribution in [2.45, 2.75) is 0 Å². The lowest BCUT2D eigenvalue weighted by molar-refractivity contribution is 0.247. The molecule has 2 amide bonds. The highest BCUT2D eigenvalue weighted by Gasteiger charge is 2.04. The fraction of sp³-hybridized carbons (Fsp3) is 0.133. The number of nitrogens with one attached hydrogen (secondary N) is 2. The molecule has 3 N–H and O–H groups in total. The number of rotatable bonds is 5. The molecule has 0 heterocycles. The van der Waals surface area contributed by atoms with E-state index in [0.29, 0.717) is 18.8 Å². The summed E-state index contributed by atoms with van der Waals surface area (Å²) < 4.78 is 5.44. The standard InChI is InChI=1S/C15H16N2O3/c18-14-9-5-4-8-13(14)17-15(19)16-10-11-20-12-6-2-1-3-7-12/h1-9,18H,10-11H2,(H2,16,17,19). The number of benzene rings is 2. The highest BCUT2D eigenvalue weighted by atomic mass is 16.5. The van der Waals surface area contributed by atoms with Crippen LogP contribution in [0, 0.1) is 0 Å². The number of ether oxygens (including phenoxy) is 1. The minimum absolute atomic E-state index is 0.0307. The number of phenols is 1. The normalized spacial score (nSPS) is 9.80. The molecule has 0 spiro atoms. The highest BCUT2D eigenvalue weighted by Crippen LogP contribution is 2.20. The molecule has 5 nitrogen and oxygen atoms in total. The van der Waals surface area contributed by atoms with Crippen LogP contribution in [-0.4, -0.2) is 24.3 Å². The fourth-order valence-corrected chi connectivity index (χ4v) is 1.60. The van der Waals surface area contributed by atoms with Crippen LogP contribution in [0.5, 0.6) is 11.5 Å². The van der Waals surface area contributed by atoms with Crippen LogP contribution < -0.4 is 15.4 Å². The maximum atomic E-state index is 11.6. The van der Waals surface area contributed by atoms with E-state index in [1.807, 2.05) is 30.3 Å². The minimum atomic E-state index is -0.386. The van der Waals surface area contributed by atoms with Gasteiger partial charge in [0, 0.05) is 0 Å². The summed E-state index contributed by atoms with van der Waals surface area (Å²) in [6.07, 6.45) is 0. The first-order valence-corrected chi connectivity index (χ1v) is 6.26. The van der Waals surface area contributed by atoms with Crippen LogP contribution in [0.2, 0.25) is 0 Å². The van der Waals surface area contributed by atoms with E-state index < -0.39 is 0 Å². The molecule has 0 bridgehead atoms. The predicted molar refractivity (Wildman–Crippen MR) is 77.1 cm³/mol. The Balaban J connectivity index is 1.69. The first kappa shape index (κ1) is 13.7. The average Bonchev–Trinajstić information content (AvgIpc) is 2.47. The van der Waals surface area contributed by atoms with Gasteiger partial charge in [0.2, 0.25) is 0 Å². The van der Waals surface area contributed by atoms with E-state index in [0.717, 1.165) is 5.75 Å². The van der Waals surface area contributed by atoms with Gasteiger partial charge in [-0.3, -0.25) is 0 Å². The van der Waals surface area contributed by atoms with Gasteiger partial charge in [-0.05, 0) is 24.3 Å². The number of para-hydroxylation sites is 3. The maximum Gasteiger partial charge on any atom is 0.319 e. The SMILES string of the molecule is O=C(NCCOc1ccccc1)Nc1ccccc1O. The molecule has 0 saturated carbocycles. The van der Waals surface area contributed by atoms with Crippen molar-refractivity contribution >= 4 is 11.7 Å². The Morgan fingerprint density at radius 1 is 1.05 bits per heavy atom. The van der Waals surface area contributed by atoms with Crippen molar-refractivity contribution in [2.75, 3.05) is 18.5 Å². The second-order valence-corrected chi connectivity index (χ2v) is 4.06. The number of aromatic hydroxyl groups is 1. The van der Waals surface area contributed by atoms with Gasteiger partial charge in [0.25, 0.3) is 0 Å². The van der Waals surface area contributed by atoms with Crippen molar-refractivity contribution in [3.8, 4) is 11.5 Å². The highest BCUT2D eigenvalue weighted by molar-refractivity contribution is 5.90. The predicted octanol–water partition coefficient (Wildman–Crippen LogP) is 2.59. The molecule has 2 rings (SSSR count). The number of phenolic OH excluding ortho intramolecular Hbond substituents is 1. The van der Waals surface area contributed by atoms with Gasteiger partial charge in [-0.15, -0.1) is 0 Å². The molecule has 0 fully saturated rings. The van der Waals surface area contributed by atoms with Crippen LogP contribution in [0.3, 0.4) is 0 Å². The lowest BCUT2D eigenvalue weighted by Gasteiger charge is -2.09. The Kier molecular flexibility index (Phi) is 4.83. The molecule has 0 aromatic heterocycles. The zero-order chi connectivity index (χ0) is 14.2. The Hall–Kier alpha value is -2.69. The van der Waals surface area contributed by atoms with Gasteiger partial charge in [-0.1, -0.05) is 30.3 Å². The topological polar surface area (TPSA) is 70.6 Å². The van der Waals surface area contributed by atoms with Crippen LogP contribution in [0.15, 0.2) is 54.6 Å². The molecule has 2 aromatic rings. The second-order valence-electron chi connectivity index (χ2n) is 4.06. The zero-order valence-corrected chi connectivity index (χ0v) is 10.9. The van der Waals surface area contributed by atoms with E-state index in [1.54, 1.807) is 18.2 Å². The largest absolute Gasteiger partial charge is 0.506 e. The quantitative estimate of drug-likeness (QED) is 0.578. The lowest BCUT2D eigenvalue weighted by Crippen LogP contribution is -2.32. The number of hydrogen-bond acceptors (Lipinski definition) is 3. The Bertz CT molecular complexity index is 558. The molecular formula is C15H16N2O3. The van der Waals surface area contributed by atoms with Crippen molar-refractivity contribution in [3.63, 3.8) is 0 Å². The molecule has 5 heteroatoms. The molecule has 0 aliphatic heterocycles. The Morgan fingerprint density at radius 2 is 1.75 bits per heavy atom. The van der Waals surface area contributed by atoms with Gasteiger partial charge in [0.05, 0.1) is 12.2 Å². The molecule has 2 aromatic carbocycles. The van der Waals surface area contributed by atoms with E-state index in [4.69, 9.17) is 4.74 Å². The smallest absolute Gasteiger partial charge is 0.319 e. The molecule has 20 heavy (non-hydrogen) atoms. The molecular weight excluding hydrogens is 256 g/mol. The molecule has 0 aliphatic rings. The summed E-state index contributed by atoms with van der Waals surface area (Å²) in [5.41, 5.74) is 0.369. The maximum absolute atomic E-state index is 11.6. The van der Waals surface area contributed by atoms with E-state index in [2.05, 4.69) is 10.6 Å². The van der Waals surface area contributed by atoms with Crippen molar-refractivity contribution in [1.29, 1.82) is 0 Å². The summed E-state index contributed by atoms with van der Waals surface area (Å²) in [4.78, 5) is 11.6. The number of carbonyl (C=O) groups is 1. The first-order chi connectivity index (χ1) is 9.75. The van der Waals surface area contributed by atoms with Crippen LogP contribution in [0.25, 0.3) is 0 Å². The summed E-state index contributed by atoms with van der Waals surface area (Å²) in [5, 5.41) is 14.7. The van der Waals surface area contributed by atoms with Gasteiger partial charge in [0.15, 0.2) is 0 Å². The fourth-order valence-electron chi connectivity index (χ4n) is 1.60. The van der Waals surface area contributed by atoms with Crippen molar-refractivity contribution in [2.24, 2.45) is 0 Å². The number of hydrogen-bond donors (Lipinski definition) is 3. The van der Waals surface area contributed by atoms with Crippen LogP contribution in [0.4, 0.5) is 10.5 Å². The van der Waals surface area contributed by atoms with Crippen molar-refractivity contribution < 1.29 is 14.6 Å². The first-order valence-electron chi connectivity index (χ1n) is 6.26. The average molecular weight is 272 g/mol. The number of carbonyl (C=O) groups excluding carboxylic acids is 1. The number of anilines is 1. The van der Waals surface area contributed by atoms with E-state index >= 15 is 0 Å². The zero-order valence-electron chi connectivity index (χ0n) is 10.9. The molecule has 0 unspecified atom stereocenters. The second kappa shape index (κ2) is 7.04. The van der Waals surface area contributed by atoms with Crippen molar-refractivity contribution in [1.82, 2.24) is 5.32 Å². The third kappa shape index (κ3) is 4.20. The summed E-state index contributed by atoms with van der Waals surface area (Å²) in [5.74, 6) is 0.790. The minimum Gasteiger partial charge on any atom is -0.506 e. The third-order valence-electron chi connectivity index (χ3n) is 2.55. The van der Waals surface area contributed by atoms with Gasteiger partial charge in [0.1, 0.15) is 18.1 Å². The van der Waals surface area contributed by atoms with E-state index in [1.165, 1.54) is 6.07 Å². The molecule has 0 saturated heterocycles. The molecule has 0 aliphatic carbocycles. The Morgan fingerprint density at radius 3 is 2.50 bits per heavy atom. The number of urea groups is 1. The van der Waals surface area contributed by atoms with E-state index in [9.17, 15) is 9.90 Å². The van der Waals surface area contributed by atoms with E-state index in [-0.39, 0.29) is 11.8 Å². The van der Waals surface area contributed by atoms with Gasteiger partial charge in [-0.25, -0.2) is 4.79 Å². The third-order valence-corrected chi connectivity index (χ3v) is 2.55. The summed E-state index contributed by atoms with van der Waals surface area (Å²) in [6.45, 7) is 0.743. The molecule has 0 radical (unpaired) electrons. The lowest BCUT2D eigenvalue weighted by atomic mass is 10.3. The summed E-state index contributed by atoms with van der Waals surface area (Å²) in [6, 6.07) is 15.5. The summed E-state index contributed by atoms with van der Waals surface area (Å²) in [7, 11) is 0. The van der Waals surface area contributed by atoms with Gasteiger partial charge >= 0.3 is 6.03 Å².